The predicted molar refractivity (Wildman–Crippen MR) is 109 cm³/mol. The van der Waals surface area contributed by atoms with Gasteiger partial charge in [-0.1, -0.05) is 69.3 Å². The van der Waals surface area contributed by atoms with Crippen LogP contribution in [0, 0.1) is 0 Å². The van der Waals surface area contributed by atoms with Crippen molar-refractivity contribution in [2.75, 3.05) is 0 Å². The first-order valence-electron chi connectivity index (χ1n) is 9.50. The molecule has 3 aromatic rings. The van der Waals surface area contributed by atoms with Crippen molar-refractivity contribution in [2.45, 2.75) is 44.6 Å². The number of hydrogen-bond acceptors (Lipinski definition) is 2. The maximum atomic E-state index is 10.0. The zero-order chi connectivity index (χ0) is 19.1. The Morgan fingerprint density at radius 1 is 0.852 bits per heavy atom. The fourth-order valence-electron chi connectivity index (χ4n) is 4.57. The third-order valence-electron chi connectivity index (χ3n) is 5.86. The van der Waals surface area contributed by atoms with Crippen LogP contribution in [-0.4, -0.2) is 5.11 Å². The van der Waals surface area contributed by atoms with Crippen LogP contribution >= 0.6 is 0 Å². The van der Waals surface area contributed by atoms with E-state index < -0.39 is 0 Å². The van der Waals surface area contributed by atoms with E-state index in [-0.39, 0.29) is 10.8 Å². The molecular weight excluding hydrogens is 332 g/mol. The van der Waals surface area contributed by atoms with E-state index in [0.29, 0.717) is 12.4 Å². The zero-order valence-electron chi connectivity index (χ0n) is 16.2. The van der Waals surface area contributed by atoms with Crippen molar-refractivity contribution in [3.63, 3.8) is 0 Å². The van der Waals surface area contributed by atoms with E-state index in [1.54, 1.807) is 6.07 Å². The molecule has 0 amide bonds. The average Bonchev–Trinajstić information content (AvgIpc) is 2.87. The summed E-state index contributed by atoms with van der Waals surface area (Å²) in [5.41, 5.74) is 4.94. The van der Waals surface area contributed by atoms with Gasteiger partial charge in [0, 0.05) is 5.41 Å². The lowest BCUT2D eigenvalue weighted by Gasteiger charge is -2.28. The van der Waals surface area contributed by atoms with Crippen LogP contribution < -0.4 is 4.74 Å². The maximum Gasteiger partial charge on any atom is 0.119 e. The Balaban J connectivity index is 1.60. The van der Waals surface area contributed by atoms with Gasteiger partial charge >= 0.3 is 0 Å². The lowest BCUT2D eigenvalue weighted by atomic mass is 9.75. The Morgan fingerprint density at radius 2 is 1.56 bits per heavy atom. The number of aromatic hydroxyl groups is 1. The normalized spacial score (nSPS) is 20.3. The SMILES string of the molecule is CC1(C)CC(C)(c2ccc(OCc3ccccc3)cc2)c2cc(O)ccc21. The molecule has 27 heavy (non-hydrogen) atoms. The van der Waals surface area contributed by atoms with E-state index in [1.165, 1.54) is 16.7 Å². The van der Waals surface area contributed by atoms with Crippen LogP contribution in [0.1, 0.15) is 49.4 Å². The molecule has 0 bridgehead atoms. The summed E-state index contributed by atoms with van der Waals surface area (Å²) in [5.74, 6) is 1.21. The van der Waals surface area contributed by atoms with Crippen LogP contribution in [0.25, 0.3) is 0 Å². The second-order valence-corrected chi connectivity index (χ2v) is 8.42. The van der Waals surface area contributed by atoms with Crippen molar-refractivity contribution in [3.05, 3.63) is 95.1 Å². The number of fused-ring (bicyclic) bond motifs is 1. The zero-order valence-corrected chi connectivity index (χ0v) is 16.2. The molecule has 1 atom stereocenters. The monoisotopic (exact) mass is 358 g/mol. The number of benzene rings is 3. The Morgan fingerprint density at radius 3 is 2.26 bits per heavy atom. The van der Waals surface area contributed by atoms with Gasteiger partial charge in [-0.05, 0) is 58.4 Å². The third-order valence-corrected chi connectivity index (χ3v) is 5.86. The van der Waals surface area contributed by atoms with Crippen molar-refractivity contribution in [1.29, 1.82) is 0 Å². The Labute approximate surface area is 161 Å². The minimum atomic E-state index is -0.116. The molecule has 0 aliphatic heterocycles. The van der Waals surface area contributed by atoms with E-state index in [1.807, 2.05) is 24.3 Å². The van der Waals surface area contributed by atoms with Crippen molar-refractivity contribution in [3.8, 4) is 11.5 Å². The van der Waals surface area contributed by atoms with Gasteiger partial charge in [0.2, 0.25) is 0 Å². The average molecular weight is 358 g/mol. The minimum absolute atomic E-state index is 0.0836. The molecule has 1 unspecified atom stereocenters. The number of phenols is 1. The summed E-state index contributed by atoms with van der Waals surface area (Å²) in [5, 5.41) is 10.0. The molecule has 1 aliphatic carbocycles. The number of phenolic OH excluding ortho intramolecular Hbond substituents is 1. The van der Waals surface area contributed by atoms with Gasteiger partial charge in [-0.3, -0.25) is 0 Å². The van der Waals surface area contributed by atoms with E-state index in [4.69, 9.17) is 4.74 Å². The first-order valence-corrected chi connectivity index (χ1v) is 9.50. The molecule has 1 aliphatic rings. The highest BCUT2D eigenvalue weighted by molar-refractivity contribution is 5.54. The van der Waals surface area contributed by atoms with Gasteiger partial charge < -0.3 is 9.84 Å². The summed E-state index contributed by atoms with van der Waals surface area (Å²) in [6.07, 6.45) is 1.02. The third kappa shape index (κ3) is 3.21. The van der Waals surface area contributed by atoms with Crippen molar-refractivity contribution < 1.29 is 9.84 Å². The fraction of sp³-hybridized carbons (Fsp3) is 0.280. The predicted octanol–water partition coefficient (Wildman–Crippen LogP) is 5.96. The van der Waals surface area contributed by atoms with E-state index in [9.17, 15) is 5.11 Å². The molecule has 0 heterocycles. The van der Waals surface area contributed by atoms with Crippen LogP contribution in [-0.2, 0) is 17.4 Å². The van der Waals surface area contributed by atoms with Gasteiger partial charge in [0.15, 0.2) is 0 Å². The number of ether oxygens (including phenoxy) is 1. The molecule has 0 radical (unpaired) electrons. The molecule has 0 saturated carbocycles. The highest BCUT2D eigenvalue weighted by Gasteiger charge is 2.45. The number of rotatable bonds is 4. The van der Waals surface area contributed by atoms with Crippen LogP contribution in [0.3, 0.4) is 0 Å². The van der Waals surface area contributed by atoms with Crippen LogP contribution in [0.2, 0.25) is 0 Å². The molecule has 2 nitrogen and oxygen atoms in total. The molecule has 3 aromatic carbocycles. The molecule has 0 spiro atoms. The molecule has 138 valence electrons. The van der Waals surface area contributed by atoms with Gasteiger partial charge in [0.1, 0.15) is 18.1 Å². The molecular formula is C25H26O2. The van der Waals surface area contributed by atoms with E-state index in [0.717, 1.165) is 17.7 Å². The smallest absolute Gasteiger partial charge is 0.119 e. The van der Waals surface area contributed by atoms with Crippen molar-refractivity contribution in [1.82, 2.24) is 0 Å². The van der Waals surface area contributed by atoms with Crippen LogP contribution in [0.4, 0.5) is 0 Å². The molecule has 1 N–H and O–H groups in total. The van der Waals surface area contributed by atoms with Gasteiger partial charge in [0.05, 0.1) is 0 Å². The highest BCUT2D eigenvalue weighted by Crippen LogP contribution is 2.53. The first-order chi connectivity index (χ1) is 12.9. The molecule has 0 saturated heterocycles. The fourth-order valence-corrected chi connectivity index (χ4v) is 4.57. The summed E-state index contributed by atoms with van der Waals surface area (Å²) in [7, 11) is 0. The molecule has 4 rings (SSSR count). The molecule has 2 heteroatoms. The first kappa shape index (κ1) is 17.7. The summed E-state index contributed by atoms with van der Waals surface area (Å²) in [6, 6.07) is 24.4. The Hall–Kier alpha value is -2.74. The van der Waals surface area contributed by atoms with E-state index >= 15 is 0 Å². The minimum Gasteiger partial charge on any atom is -0.508 e. The second-order valence-electron chi connectivity index (χ2n) is 8.42. The molecule has 0 aromatic heterocycles. The van der Waals surface area contributed by atoms with Gasteiger partial charge in [-0.15, -0.1) is 0 Å². The Kier molecular flexibility index (Phi) is 4.22. The van der Waals surface area contributed by atoms with Gasteiger partial charge in [-0.2, -0.15) is 0 Å². The van der Waals surface area contributed by atoms with Crippen molar-refractivity contribution >= 4 is 0 Å². The highest BCUT2D eigenvalue weighted by atomic mass is 16.5. The topological polar surface area (TPSA) is 29.5 Å². The van der Waals surface area contributed by atoms with E-state index in [2.05, 4.69) is 63.2 Å². The summed E-state index contributed by atoms with van der Waals surface area (Å²) >= 11 is 0. The van der Waals surface area contributed by atoms with Gasteiger partial charge in [-0.25, -0.2) is 0 Å². The van der Waals surface area contributed by atoms with Crippen LogP contribution in [0.15, 0.2) is 72.8 Å². The van der Waals surface area contributed by atoms with Gasteiger partial charge in [0.25, 0.3) is 0 Å². The summed E-state index contributed by atoms with van der Waals surface area (Å²) < 4.78 is 5.93. The lowest BCUT2D eigenvalue weighted by molar-refractivity contribution is 0.306. The summed E-state index contributed by atoms with van der Waals surface area (Å²) in [6.45, 7) is 7.41. The lowest BCUT2D eigenvalue weighted by Crippen LogP contribution is -2.23. The van der Waals surface area contributed by atoms with Crippen LogP contribution in [0.5, 0.6) is 11.5 Å². The number of hydrogen-bond donors (Lipinski definition) is 1. The maximum absolute atomic E-state index is 10.0. The molecule has 0 fully saturated rings. The largest absolute Gasteiger partial charge is 0.508 e. The standard InChI is InChI=1S/C25H26O2/c1-24(2)17-25(3,23-15-20(26)11-14-22(23)24)19-9-12-21(13-10-19)27-16-18-7-5-4-6-8-18/h4-15,26H,16-17H2,1-3H3. The second kappa shape index (κ2) is 6.45. The van der Waals surface area contributed by atoms with Crippen molar-refractivity contribution in [2.24, 2.45) is 0 Å². The quantitative estimate of drug-likeness (QED) is 0.623. The Bertz CT molecular complexity index is 942. The summed E-state index contributed by atoms with van der Waals surface area (Å²) in [4.78, 5) is 0.